The summed E-state index contributed by atoms with van der Waals surface area (Å²) < 4.78 is 0. The molecule has 15 heteroatoms. The van der Waals surface area contributed by atoms with E-state index in [1.807, 2.05) is 0 Å². The first-order chi connectivity index (χ1) is 15.8. The van der Waals surface area contributed by atoms with Crippen LogP contribution in [0.15, 0.2) is 4.99 Å². The Labute approximate surface area is 202 Å². The van der Waals surface area contributed by atoms with Crippen LogP contribution < -0.4 is 33.2 Å². The van der Waals surface area contributed by atoms with Crippen LogP contribution in [-0.2, 0) is 24.0 Å². The number of thiol groups is 1. The molecule has 0 fully saturated rings. The molecule has 4 atom stereocenters. The van der Waals surface area contributed by atoms with Crippen molar-refractivity contribution in [3.05, 3.63) is 0 Å². The molecule has 14 nitrogen and oxygen atoms in total. The van der Waals surface area contributed by atoms with Crippen LogP contribution in [0.1, 0.15) is 39.5 Å². The molecule has 194 valence electrons. The lowest BCUT2D eigenvalue weighted by atomic mass is 10.0. The fraction of sp³-hybridized carbons (Fsp3) is 0.684. The van der Waals surface area contributed by atoms with Crippen LogP contribution in [0.2, 0.25) is 0 Å². The van der Waals surface area contributed by atoms with Gasteiger partial charge in [0, 0.05) is 18.7 Å². The normalized spacial score (nSPS) is 14.3. The van der Waals surface area contributed by atoms with E-state index in [2.05, 4.69) is 33.6 Å². The predicted molar refractivity (Wildman–Crippen MR) is 127 cm³/mol. The summed E-state index contributed by atoms with van der Waals surface area (Å²) in [5, 5.41) is 25.2. The number of aliphatic carboxylic acids is 2. The number of nitrogens with one attached hydrogen (secondary N) is 3. The quantitative estimate of drug-likeness (QED) is 0.0456. The minimum atomic E-state index is -1.28. The summed E-state index contributed by atoms with van der Waals surface area (Å²) in [6.07, 6.45) is -0.0942. The van der Waals surface area contributed by atoms with Gasteiger partial charge < -0.3 is 43.4 Å². The number of hydrogen-bond acceptors (Lipinski definition) is 8. The number of nitrogens with zero attached hydrogens (tertiary/aromatic N) is 1. The van der Waals surface area contributed by atoms with Crippen LogP contribution in [0.25, 0.3) is 0 Å². The van der Waals surface area contributed by atoms with Gasteiger partial charge in [0.15, 0.2) is 5.96 Å². The Kier molecular flexibility index (Phi) is 14.3. The molecule has 0 aromatic carbocycles. The molecule has 0 saturated carbocycles. The number of guanidine groups is 1. The molecule has 3 amide bonds. The molecule has 0 aliphatic heterocycles. The number of hydrogen-bond donors (Lipinski definition) is 9. The van der Waals surface area contributed by atoms with Gasteiger partial charge in [-0.25, -0.2) is 4.79 Å². The molecule has 0 heterocycles. The minimum Gasteiger partial charge on any atom is -0.481 e. The summed E-state index contributed by atoms with van der Waals surface area (Å²) >= 11 is 3.89. The second-order valence-electron chi connectivity index (χ2n) is 7.86. The maximum atomic E-state index is 12.9. The van der Waals surface area contributed by atoms with Gasteiger partial charge in [-0.3, -0.25) is 24.2 Å². The molecule has 0 radical (unpaired) electrons. The highest BCUT2D eigenvalue weighted by molar-refractivity contribution is 7.80. The third-order valence-electron chi connectivity index (χ3n) is 4.63. The number of nitrogens with two attached hydrogens (primary N) is 3. The lowest BCUT2D eigenvalue weighted by Gasteiger charge is -2.27. The van der Waals surface area contributed by atoms with E-state index in [9.17, 15) is 24.0 Å². The van der Waals surface area contributed by atoms with Crippen molar-refractivity contribution in [2.45, 2.75) is 63.7 Å². The Morgan fingerprint density at radius 2 is 1.50 bits per heavy atom. The zero-order valence-corrected chi connectivity index (χ0v) is 20.1. The standard InChI is InChI=1S/C19H35N7O7S/c1-9(2)14(17(31)25-12(8-34)18(32)33)26-16(30)11(4-3-7-23-19(21)22)24-15(29)10(20)5-6-13(27)28/h9-12,14,34H,3-8,20H2,1-2H3,(H,24,29)(H,25,31)(H,26,30)(H,27,28)(H,32,33)(H4,21,22,23). The fourth-order valence-electron chi connectivity index (χ4n) is 2.70. The first-order valence-electron chi connectivity index (χ1n) is 10.6. The predicted octanol–water partition coefficient (Wildman–Crippen LogP) is -2.64. The number of carbonyl (C=O) groups excluding carboxylic acids is 3. The van der Waals surface area contributed by atoms with Gasteiger partial charge in [-0.1, -0.05) is 13.8 Å². The van der Waals surface area contributed by atoms with Crippen molar-refractivity contribution in [1.82, 2.24) is 16.0 Å². The molecule has 0 rings (SSSR count). The van der Waals surface area contributed by atoms with Crippen LogP contribution in [0.3, 0.4) is 0 Å². The van der Waals surface area contributed by atoms with E-state index in [4.69, 9.17) is 27.4 Å². The number of amides is 3. The van der Waals surface area contributed by atoms with Crippen LogP contribution in [-0.4, -0.2) is 82.3 Å². The summed E-state index contributed by atoms with van der Waals surface area (Å²) in [5.74, 6) is -5.31. The lowest BCUT2D eigenvalue weighted by molar-refractivity contribution is -0.142. The van der Waals surface area contributed by atoms with Crippen molar-refractivity contribution in [2.24, 2.45) is 28.1 Å². The number of carbonyl (C=O) groups is 5. The first-order valence-corrected chi connectivity index (χ1v) is 11.2. The molecule has 0 aromatic rings. The Bertz CT molecular complexity index is 759. The lowest BCUT2D eigenvalue weighted by Crippen LogP contribution is -2.58. The molecular formula is C19H35N7O7S. The molecule has 0 bridgehead atoms. The zero-order chi connectivity index (χ0) is 26.4. The number of aliphatic imine (C=N–C) groups is 1. The summed E-state index contributed by atoms with van der Waals surface area (Å²) in [6, 6.07) is -4.66. The van der Waals surface area contributed by atoms with Gasteiger partial charge in [0.05, 0.1) is 6.04 Å². The van der Waals surface area contributed by atoms with Crippen LogP contribution in [0.4, 0.5) is 0 Å². The second kappa shape index (κ2) is 15.7. The molecule has 34 heavy (non-hydrogen) atoms. The van der Waals surface area contributed by atoms with Crippen molar-refractivity contribution < 1.29 is 34.2 Å². The highest BCUT2D eigenvalue weighted by Gasteiger charge is 2.31. The van der Waals surface area contributed by atoms with Crippen LogP contribution in [0, 0.1) is 5.92 Å². The van der Waals surface area contributed by atoms with Gasteiger partial charge in [0.2, 0.25) is 17.7 Å². The maximum Gasteiger partial charge on any atom is 0.327 e. The van der Waals surface area contributed by atoms with Gasteiger partial charge >= 0.3 is 11.9 Å². The fourth-order valence-corrected chi connectivity index (χ4v) is 2.94. The SMILES string of the molecule is CC(C)C(NC(=O)C(CCCN=C(N)N)NC(=O)C(N)CCC(=O)O)C(=O)NC(CS)C(=O)O. The summed E-state index contributed by atoms with van der Waals surface area (Å²) in [7, 11) is 0. The zero-order valence-electron chi connectivity index (χ0n) is 19.2. The highest BCUT2D eigenvalue weighted by Crippen LogP contribution is 2.07. The average Bonchev–Trinajstić information content (AvgIpc) is 2.74. The first kappa shape index (κ1) is 30.9. The molecule has 0 spiro atoms. The van der Waals surface area contributed by atoms with Gasteiger partial charge in [0.25, 0.3) is 0 Å². The van der Waals surface area contributed by atoms with E-state index < -0.39 is 59.7 Å². The van der Waals surface area contributed by atoms with E-state index in [0.717, 1.165) is 0 Å². The van der Waals surface area contributed by atoms with Crippen molar-refractivity contribution in [3.63, 3.8) is 0 Å². The average molecular weight is 506 g/mol. The molecule has 0 saturated heterocycles. The highest BCUT2D eigenvalue weighted by atomic mass is 32.1. The van der Waals surface area contributed by atoms with E-state index >= 15 is 0 Å². The number of carboxylic acid groups (broad SMARTS) is 2. The minimum absolute atomic E-state index is 0.0842. The van der Waals surface area contributed by atoms with Crippen molar-refractivity contribution >= 4 is 48.2 Å². The Balaban J connectivity index is 5.45. The molecule has 0 aliphatic rings. The summed E-state index contributed by atoms with van der Waals surface area (Å²) in [6.45, 7) is 3.47. The largest absolute Gasteiger partial charge is 0.481 e. The summed E-state index contributed by atoms with van der Waals surface area (Å²) in [4.78, 5) is 63.6. The van der Waals surface area contributed by atoms with E-state index in [1.54, 1.807) is 13.8 Å². The number of rotatable bonds is 16. The molecule has 0 aromatic heterocycles. The molecule has 4 unspecified atom stereocenters. The van der Waals surface area contributed by atoms with E-state index in [-0.39, 0.29) is 37.5 Å². The smallest absolute Gasteiger partial charge is 0.327 e. The molecular weight excluding hydrogens is 470 g/mol. The molecule has 0 aliphatic carbocycles. The van der Waals surface area contributed by atoms with Gasteiger partial charge in [-0.2, -0.15) is 12.6 Å². The van der Waals surface area contributed by atoms with Gasteiger partial charge in [-0.05, 0) is 25.2 Å². The Morgan fingerprint density at radius 1 is 0.912 bits per heavy atom. The van der Waals surface area contributed by atoms with Crippen LogP contribution in [0.5, 0.6) is 0 Å². The maximum absolute atomic E-state index is 12.9. The van der Waals surface area contributed by atoms with E-state index in [1.165, 1.54) is 0 Å². The van der Waals surface area contributed by atoms with Crippen molar-refractivity contribution in [2.75, 3.05) is 12.3 Å². The number of carboxylic acids is 2. The monoisotopic (exact) mass is 505 g/mol. The third-order valence-corrected chi connectivity index (χ3v) is 4.99. The Hall–Kier alpha value is -3.07. The third kappa shape index (κ3) is 12.2. The second-order valence-corrected chi connectivity index (χ2v) is 8.23. The topological polar surface area (TPSA) is 252 Å². The van der Waals surface area contributed by atoms with Crippen molar-refractivity contribution in [1.29, 1.82) is 0 Å². The molecule has 11 N–H and O–H groups in total. The van der Waals surface area contributed by atoms with Crippen molar-refractivity contribution in [3.8, 4) is 0 Å². The van der Waals surface area contributed by atoms with Gasteiger partial charge in [-0.15, -0.1) is 0 Å². The summed E-state index contributed by atoms with van der Waals surface area (Å²) in [5.41, 5.74) is 16.3. The van der Waals surface area contributed by atoms with E-state index in [0.29, 0.717) is 6.42 Å². The van der Waals surface area contributed by atoms with Crippen LogP contribution >= 0.6 is 12.6 Å². The Morgan fingerprint density at radius 3 is 1.97 bits per heavy atom. The van der Waals surface area contributed by atoms with Gasteiger partial charge in [0.1, 0.15) is 18.1 Å².